The first-order valence-electron chi connectivity index (χ1n) is 7.63. The third-order valence-corrected chi connectivity index (χ3v) is 3.63. The van der Waals surface area contributed by atoms with E-state index in [4.69, 9.17) is 0 Å². The highest BCUT2D eigenvalue weighted by molar-refractivity contribution is 5.97. The highest BCUT2D eigenvalue weighted by atomic mass is 16.6. The number of rotatable bonds is 6. The molecular weight excluding hydrogens is 322 g/mol. The number of H-pyrrole nitrogens is 1. The fraction of sp³-hybridized carbons (Fsp3) is 0.118. The van der Waals surface area contributed by atoms with Gasteiger partial charge in [-0.3, -0.25) is 14.9 Å². The van der Waals surface area contributed by atoms with Crippen molar-refractivity contribution < 1.29 is 9.72 Å². The molecule has 126 valence electrons. The molecule has 1 amide bonds. The maximum Gasteiger partial charge on any atom is 0.274 e. The minimum atomic E-state index is -0.441. The van der Waals surface area contributed by atoms with Crippen LogP contribution in [0.25, 0.3) is 11.3 Å². The molecule has 2 aromatic carbocycles. The smallest absolute Gasteiger partial charge is 0.274 e. The molecule has 0 bridgehead atoms. The van der Waals surface area contributed by atoms with Crippen LogP contribution in [-0.4, -0.2) is 32.8 Å². The van der Waals surface area contributed by atoms with Crippen LogP contribution in [0.3, 0.4) is 0 Å². The summed E-state index contributed by atoms with van der Waals surface area (Å²) >= 11 is 0. The first-order chi connectivity index (χ1) is 12.1. The van der Waals surface area contributed by atoms with Crippen LogP contribution in [0.5, 0.6) is 0 Å². The second-order valence-corrected chi connectivity index (χ2v) is 5.32. The quantitative estimate of drug-likeness (QED) is 0.529. The van der Waals surface area contributed by atoms with E-state index in [1.165, 1.54) is 12.1 Å². The van der Waals surface area contributed by atoms with Crippen LogP contribution in [0.15, 0.2) is 54.6 Å². The summed E-state index contributed by atoms with van der Waals surface area (Å²) in [6.07, 6.45) is 0.478. The number of nitro groups is 1. The highest BCUT2D eigenvalue weighted by Crippen LogP contribution is 2.19. The fourth-order valence-electron chi connectivity index (χ4n) is 2.42. The van der Waals surface area contributed by atoms with E-state index in [9.17, 15) is 14.9 Å². The lowest BCUT2D eigenvalue weighted by Gasteiger charge is -2.05. The number of nitrogens with zero attached hydrogens (tertiary/aromatic N) is 3. The maximum absolute atomic E-state index is 12.3. The zero-order valence-corrected chi connectivity index (χ0v) is 13.2. The van der Waals surface area contributed by atoms with Gasteiger partial charge in [-0.1, -0.05) is 42.5 Å². The van der Waals surface area contributed by atoms with Crippen molar-refractivity contribution in [2.24, 2.45) is 0 Å². The van der Waals surface area contributed by atoms with E-state index >= 15 is 0 Å². The van der Waals surface area contributed by atoms with Crippen molar-refractivity contribution in [1.82, 2.24) is 20.7 Å². The first kappa shape index (κ1) is 16.3. The number of hydrogen-bond acceptors (Lipinski definition) is 5. The van der Waals surface area contributed by atoms with Crippen LogP contribution >= 0.6 is 0 Å². The standard InChI is InChI=1S/C17H15N5O3/c23-17(16-15(19-21-20-16)13-6-2-1-3-7-13)18-10-9-12-5-4-8-14(11-12)22(24)25/h1-8,11H,9-10H2,(H,18,23)(H,19,20,21). The number of benzene rings is 2. The third-order valence-electron chi connectivity index (χ3n) is 3.63. The summed E-state index contributed by atoms with van der Waals surface area (Å²) in [6.45, 7) is 0.334. The Kier molecular flexibility index (Phi) is 4.79. The van der Waals surface area contributed by atoms with Crippen molar-refractivity contribution in [3.63, 3.8) is 0 Å². The molecule has 1 aromatic heterocycles. The van der Waals surface area contributed by atoms with Gasteiger partial charge >= 0.3 is 0 Å². The van der Waals surface area contributed by atoms with Crippen molar-refractivity contribution in [2.45, 2.75) is 6.42 Å². The molecular formula is C17H15N5O3. The number of non-ortho nitro benzene ring substituents is 1. The van der Waals surface area contributed by atoms with Crippen LogP contribution < -0.4 is 5.32 Å². The van der Waals surface area contributed by atoms with Gasteiger partial charge in [0.05, 0.1) is 4.92 Å². The monoisotopic (exact) mass is 337 g/mol. The minimum absolute atomic E-state index is 0.0340. The molecule has 25 heavy (non-hydrogen) atoms. The zero-order chi connectivity index (χ0) is 17.6. The molecule has 0 fully saturated rings. The Morgan fingerprint density at radius 3 is 2.68 bits per heavy atom. The lowest BCUT2D eigenvalue weighted by molar-refractivity contribution is -0.384. The Bertz CT molecular complexity index is 892. The van der Waals surface area contributed by atoms with Gasteiger partial charge in [-0.2, -0.15) is 15.4 Å². The van der Waals surface area contributed by atoms with Gasteiger partial charge in [0, 0.05) is 24.2 Å². The average Bonchev–Trinajstić information content (AvgIpc) is 3.12. The molecule has 0 aliphatic heterocycles. The molecule has 0 spiro atoms. The number of nitro benzene ring substituents is 1. The molecule has 0 aliphatic carbocycles. The molecule has 8 heteroatoms. The van der Waals surface area contributed by atoms with E-state index in [1.807, 2.05) is 30.3 Å². The second kappa shape index (κ2) is 7.35. The van der Waals surface area contributed by atoms with Crippen LogP contribution in [0, 0.1) is 10.1 Å². The number of hydrogen-bond donors (Lipinski definition) is 2. The molecule has 8 nitrogen and oxygen atoms in total. The van der Waals surface area contributed by atoms with Gasteiger partial charge in [0.15, 0.2) is 5.69 Å². The van der Waals surface area contributed by atoms with Crippen molar-refractivity contribution in [1.29, 1.82) is 0 Å². The topological polar surface area (TPSA) is 114 Å². The van der Waals surface area contributed by atoms with Gasteiger partial charge in [-0.25, -0.2) is 0 Å². The summed E-state index contributed by atoms with van der Waals surface area (Å²) in [4.78, 5) is 22.7. The largest absolute Gasteiger partial charge is 0.350 e. The van der Waals surface area contributed by atoms with Gasteiger partial charge in [-0.05, 0) is 12.0 Å². The number of carbonyl (C=O) groups is 1. The van der Waals surface area contributed by atoms with E-state index in [2.05, 4.69) is 20.7 Å². The normalized spacial score (nSPS) is 10.4. The third kappa shape index (κ3) is 3.86. The Morgan fingerprint density at radius 1 is 1.12 bits per heavy atom. The molecule has 0 saturated heterocycles. The summed E-state index contributed by atoms with van der Waals surface area (Å²) in [6, 6.07) is 15.6. The average molecular weight is 337 g/mol. The van der Waals surface area contributed by atoms with Gasteiger partial charge < -0.3 is 5.32 Å². The molecule has 2 N–H and O–H groups in total. The second-order valence-electron chi connectivity index (χ2n) is 5.32. The molecule has 0 saturated carbocycles. The number of carbonyl (C=O) groups excluding carboxylic acids is 1. The van der Waals surface area contributed by atoms with Gasteiger partial charge in [0.25, 0.3) is 11.6 Å². The summed E-state index contributed by atoms with van der Waals surface area (Å²) in [5, 5.41) is 24.0. The zero-order valence-electron chi connectivity index (χ0n) is 13.2. The van der Waals surface area contributed by atoms with Crippen LogP contribution in [0.4, 0.5) is 5.69 Å². The molecule has 0 unspecified atom stereocenters. The van der Waals surface area contributed by atoms with E-state index in [1.54, 1.807) is 12.1 Å². The number of nitrogens with one attached hydrogen (secondary N) is 2. The summed E-state index contributed by atoms with van der Waals surface area (Å²) in [5.41, 5.74) is 2.29. The molecule has 0 atom stereocenters. The lowest BCUT2D eigenvalue weighted by atomic mass is 10.1. The van der Waals surface area contributed by atoms with Gasteiger partial charge in [0.2, 0.25) is 0 Å². The first-order valence-corrected chi connectivity index (χ1v) is 7.63. The van der Waals surface area contributed by atoms with Crippen LogP contribution in [0.2, 0.25) is 0 Å². The number of aromatic amines is 1. The predicted octanol–water partition coefficient (Wildman–Crippen LogP) is 2.35. The van der Waals surface area contributed by atoms with Crippen molar-refractivity contribution in [2.75, 3.05) is 6.54 Å². The van der Waals surface area contributed by atoms with Crippen LogP contribution in [0.1, 0.15) is 16.1 Å². The van der Waals surface area contributed by atoms with Crippen molar-refractivity contribution in [3.05, 3.63) is 76.0 Å². The molecule has 0 aliphatic rings. The van der Waals surface area contributed by atoms with E-state index in [0.29, 0.717) is 18.7 Å². The molecule has 3 aromatic rings. The fourth-order valence-corrected chi connectivity index (χ4v) is 2.42. The number of aromatic nitrogens is 3. The summed E-state index contributed by atoms with van der Waals surface area (Å²) in [5.74, 6) is -0.349. The number of amides is 1. The van der Waals surface area contributed by atoms with Crippen LogP contribution in [-0.2, 0) is 6.42 Å². The van der Waals surface area contributed by atoms with E-state index in [-0.39, 0.29) is 17.3 Å². The van der Waals surface area contributed by atoms with Crippen molar-refractivity contribution in [3.8, 4) is 11.3 Å². The summed E-state index contributed by atoms with van der Waals surface area (Å²) in [7, 11) is 0. The van der Waals surface area contributed by atoms with E-state index < -0.39 is 4.92 Å². The Labute approximate surface area is 143 Å². The Balaban J connectivity index is 1.64. The summed E-state index contributed by atoms with van der Waals surface area (Å²) < 4.78 is 0. The van der Waals surface area contributed by atoms with Crippen molar-refractivity contribution >= 4 is 11.6 Å². The molecule has 3 rings (SSSR count). The lowest BCUT2D eigenvalue weighted by Crippen LogP contribution is -2.26. The van der Waals surface area contributed by atoms with Gasteiger partial charge in [-0.15, -0.1) is 0 Å². The molecule has 1 heterocycles. The Morgan fingerprint density at radius 2 is 1.92 bits per heavy atom. The minimum Gasteiger partial charge on any atom is -0.350 e. The Hall–Kier alpha value is -3.55. The van der Waals surface area contributed by atoms with Gasteiger partial charge in [0.1, 0.15) is 5.69 Å². The maximum atomic E-state index is 12.3. The van der Waals surface area contributed by atoms with E-state index in [0.717, 1.165) is 11.1 Å². The SMILES string of the molecule is O=C(NCCc1cccc([N+](=O)[O-])c1)c1n[nH]nc1-c1ccccc1. The molecule has 0 radical (unpaired) electrons. The highest BCUT2D eigenvalue weighted by Gasteiger charge is 2.17. The predicted molar refractivity (Wildman–Crippen MR) is 91.0 cm³/mol.